The highest BCUT2D eigenvalue weighted by atomic mass is 16.5. The van der Waals surface area contributed by atoms with Crippen LogP contribution in [0.2, 0.25) is 0 Å². The summed E-state index contributed by atoms with van der Waals surface area (Å²) in [5, 5.41) is 18.4. The van der Waals surface area contributed by atoms with Crippen LogP contribution in [0.5, 0.6) is 5.75 Å². The molecule has 0 aromatic heterocycles. The van der Waals surface area contributed by atoms with E-state index in [0.717, 1.165) is 18.4 Å². The average Bonchev–Trinajstić information content (AvgIpc) is 2.48. The van der Waals surface area contributed by atoms with Crippen LogP contribution in [0.15, 0.2) is 18.2 Å². The molecule has 0 radical (unpaired) electrons. The van der Waals surface area contributed by atoms with Crippen molar-refractivity contribution in [3.05, 3.63) is 29.3 Å². The summed E-state index contributed by atoms with van der Waals surface area (Å²) >= 11 is 0. The highest BCUT2D eigenvalue weighted by Gasteiger charge is 2.24. The third-order valence-electron chi connectivity index (χ3n) is 3.63. The second-order valence-electron chi connectivity index (χ2n) is 5.09. The van der Waals surface area contributed by atoms with E-state index in [-0.39, 0.29) is 24.4 Å². The molecule has 20 heavy (non-hydrogen) atoms. The smallest absolute Gasteiger partial charge is 0.253 e. The first-order valence-corrected chi connectivity index (χ1v) is 6.93. The molecule has 1 aliphatic rings. The zero-order valence-corrected chi connectivity index (χ0v) is 11.7. The number of carbonyl (C=O) groups is 1. The molecule has 110 valence electrons. The lowest BCUT2D eigenvalue weighted by molar-refractivity contribution is -0.00554. The van der Waals surface area contributed by atoms with Crippen LogP contribution in [-0.2, 0) is 4.74 Å². The second-order valence-corrected chi connectivity index (χ2v) is 5.09. The molecule has 0 bridgehead atoms. The normalized spacial score (nSPS) is 16.4. The van der Waals surface area contributed by atoms with Gasteiger partial charge in [0.25, 0.3) is 5.91 Å². The van der Waals surface area contributed by atoms with E-state index in [0.29, 0.717) is 25.3 Å². The Bertz CT molecular complexity index is 467. The van der Waals surface area contributed by atoms with Crippen molar-refractivity contribution in [2.24, 2.45) is 0 Å². The number of carbonyl (C=O) groups excluding carboxylic acids is 1. The first-order valence-electron chi connectivity index (χ1n) is 6.93. The Kier molecular flexibility index (Phi) is 4.98. The number of piperidine rings is 1. The lowest BCUT2D eigenvalue weighted by atomic mass is 10.1. The standard InChI is InChI=1S/C15H21NO4/c1-11-2-3-12(10-14(11)18)15(19)16-6-4-13(5-7-16)20-9-8-17/h2-3,10,13,17-18H,4-9H2,1H3. The number of hydrogen-bond acceptors (Lipinski definition) is 4. The second kappa shape index (κ2) is 6.72. The van der Waals surface area contributed by atoms with Crippen molar-refractivity contribution in [1.29, 1.82) is 0 Å². The van der Waals surface area contributed by atoms with E-state index < -0.39 is 0 Å². The molecule has 1 amide bonds. The maximum Gasteiger partial charge on any atom is 0.253 e. The first kappa shape index (κ1) is 14.8. The fraction of sp³-hybridized carbons (Fsp3) is 0.533. The Hall–Kier alpha value is -1.59. The summed E-state index contributed by atoms with van der Waals surface area (Å²) < 4.78 is 5.47. The molecule has 5 nitrogen and oxygen atoms in total. The number of benzene rings is 1. The molecule has 1 aliphatic heterocycles. The van der Waals surface area contributed by atoms with Crippen LogP contribution in [0, 0.1) is 6.92 Å². The van der Waals surface area contributed by atoms with E-state index in [9.17, 15) is 9.90 Å². The molecule has 0 saturated carbocycles. The SMILES string of the molecule is Cc1ccc(C(=O)N2CCC(OCCO)CC2)cc1O. The van der Waals surface area contributed by atoms with E-state index in [2.05, 4.69) is 0 Å². The van der Waals surface area contributed by atoms with Gasteiger partial charge in [-0.3, -0.25) is 4.79 Å². The lowest BCUT2D eigenvalue weighted by Crippen LogP contribution is -2.41. The summed E-state index contributed by atoms with van der Waals surface area (Å²) in [6, 6.07) is 5.01. The van der Waals surface area contributed by atoms with Crippen molar-refractivity contribution in [2.45, 2.75) is 25.9 Å². The number of ether oxygens (including phenoxy) is 1. The molecule has 2 N–H and O–H groups in total. The van der Waals surface area contributed by atoms with Gasteiger partial charge >= 0.3 is 0 Å². The molecule has 1 saturated heterocycles. The van der Waals surface area contributed by atoms with Gasteiger partial charge < -0.3 is 19.8 Å². The summed E-state index contributed by atoms with van der Waals surface area (Å²) in [7, 11) is 0. The zero-order valence-electron chi connectivity index (χ0n) is 11.7. The minimum atomic E-state index is -0.0547. The number of hydrogen-bond donors (Lipinski definition) is 2. The highest BCUT2D eigenvalue weighted by Crippen LogP contribution is 2.21. The fourth-order valence-corrected chi connectivity index (χ4v) is 2.37. The van der Waals surface area contributed by atoms with E-state index in [4.69, 9.17) is 9.84 Å². The molecule has 0 spiro atoms. The molecule has 1 aromatic carbocycles. The van der Waals surface area contributed by atoms with Gasteiger partial charge in [-0.1, -0.05) is 6.07 Å². The minimum absolute atomic E-state index is 0.0296. The van der Waals surface area contributed by atoms with Gasteiger partial charge in [-0.2, -0.15) is 0 Å². The number of amides is 1. The number of aromatic hydroxyl groups is 1. The van der Waals surface area contributed by atoms with Gasteiger partial charge in [0.1, 0.15) is 5.75 Å². The number of aliphatic hydroxyl groups is 1. The monoisotopic (exact) mass is 279 g/mol. The molecule has 0 aliphatic carbocycles. The topological polar surface area (TPSA) is 70.0 Å². The van der Waals surface area contributed by atoms with Gasteiger partial charge in [-0.25, -0.2) is 0 Å². The first-order chi connectivity index (χ1) is 9.61. The van der Waals surface area contributed by atoms with E-state index in [1.807, 2.05) is 0 Å². The van der Waals surface area contributed by atoms with Crippen molar-refractivity contribution >= 4 is 5.91 Å². The molecule has 5 heteroatoms. The van der Waals surface area contributed by atoms with Crippen molar-refractivity contribution < 1.29 is 19.7 Å². The molecule has 0 atom stereocenters. The Morgan fingerprint density at radius 1 is 1.40 bits per heavy atom. The van der Waals surface area contributed by atoms with Crippen molar-refractivity contribution in [1.82, 2.24) is 4.90 Å². The number of nitrogens with zero attached hydrogens (tertiary/aromatic N) is 1. The van der Waals surface area contributed by atoms with Gasteiger partial charge in [0.05, 0.1) is 19.3 Å². The largest absolute Gasteiger partial charge is 0.508 e. The quantitative estimate of drug-likeness (QED) is 0.872. The van der Waals surface area contributed by atoms with E-state index in [1.54, 1.807) is 24.0 Å². The Morgan fingerprint density at radius 2 is 2.10 bits per heavy atom. The number of aliphatic hydroxyl groups excluding tert-OH is 1. The molecule has 2 rings (SSSR count). The predicted octanol–water partition coefficient (Wildman–Crippen LogP) is 1.31. The lowest BCUT2D eigenvalue weighted by Gasteiger charge is -2.32. The number of phenolic OH excluding ortho intramolecular Hbond substituents is 1. The summed E-state index contributed by atoms with van der Waals surface area (Å²) in [5.41, 5.74) is 1.28. The summed E-state index contributed by atoms with van der Waals surface area (Å²) in [6.07, 6.45) is 1.69. The molecule has 0 unspecified atom stereocenters. The molecule has 1 heterocycles. The van der Waals surface area contributed by atoms with Gasteiger partial charge in [0.15, 0.2) is 0 Å². The number of rotatable bonds is 4. The summed E-state index contributed by atoms with van der Waals surface area (Å²) in [6.45, 7) is 3.47. The van der Waals surface area contributed by atoms with Gasteiger partial charge in [-0.05, 0) is 37.5 Å². The zero-order chi connectivity index (χ0) is 14.5. The molecule has 1 aromatic rings. The average molecular weight is 279 g/mol. The number of phenols is 1. The molecule has 1 fully saturated rings. The Labute approximate surface area is 118 Å². The van der Waals surface area contributed by atoms with Crippen molar-refractivity contribution in [3.63, 3.8) is 0 Å². The van der Waals surface area contributed by atoms with Gasteiger partial charge in [-0.15, -0.1) is 0 Å². The van der Waals surface area contributed by atoms with Crippen molar-refractivity contribution in [3.8, 4) is 5.75 Å². The van der Waals surface area contributed by atoms with Gasteiger partial charge in [0.2, 0.25) is 0 Å². The van der Waals surface area contributed by atoms with Crippen LogP contribution in [0.25, 0.3) is 0 Å². The fourth-order valence-electron chi connectivity index (χ4n) is 2.37. The third-order valence-corrected chi connectivity index (χ3v) is 3.63. The molecular formula is C15H21NO4. The van der Waals surface area contributed by atoms with Gasteiger partial charge in [0, 0.05) is 18.7 Å². The third kappa shape index (κ3) is 3.49. The minimum Gasteiger partial charge on any atom is -0.508 e. The van der Waals surface area contributed by atoms with E-state index in [1.165, 1.54) is 6.07 Å². The Morgan fingerprint density at radius 3 is 2.70 bits per heavy atom. The highest BCUT2D eigenvalue weighted by molar-refractivity contribution is 5.94. The van der Waals surface area contributed by atoms with Crippen LogP contribution in [-0.4, -0.2) is 53.4 Å². The Balaban J connectivity index is 1.92. The maximum atomic E-state index is 12.3. The summed E-state index contributed by atoms with van der Waals surface area (Å²) in [5.74, 6) is 0.0953. The van der Waals surface area contributed by atoms with Crippen LogP contribution in [0.4, 0.5) is 0 Å². The maximum absolute atomic E-state index is 12.3. The van der Waals surface area contributed by atoms with Crippen LogP contribution in [0.1, 0.15) is 28.8 Å². The predicted molar refractivity (Wildman–Crippen MR) is 74.8 cm³/mol. The van der Waals surface area contributed by atoms with E-state index >= 15 is 0 Å². The van der Waals surface area contributed by atoms with Crippen molar-refractivity contribution in [2.75, 3.05) is 26.3 Å². The number of aryl methyl sites for hydroxylation is 1. The number of likely N-dealkylation sites (tertiary alicyclic amines) is 1. The summed E-state index contributed by atoms with van der Waals surface area (Å²) in [4.78, 5) is 14.1. The van der Waals surface area contributed by atoms with Crippen LogP contribution < -0.4 is 0 Å². The van der Waals surface area contributed by atoms with Crippen LogP contribution >= 0.6 is 0 Å². The van der Waals surface area contributed by atoms with Crippen LogP contribution in [0.3, 0.4) is 0 Å². The molecular weight excluding hydrogens is 258 g/mol.